The van der Waals surface area contributed by atoms with Gasteiger partial charge in [-0.1, -0.05) is 37.0 Å². The van der Waals surface area contributed by atoms with Crippen molar-refractivity contribution in [2.45, 2.75) is 13.8 Å². The zero-order chi connectivity index (χ0) is 22.0. The van der Waals surface area contributed by atoms with E-state index in [2.05, 4.69) is 23.3 Å². The Morgan fingerprint density at radius 2 is 1.93 bits per heavy atom. The Hall–Kier alpha value is -2.41. The number of thiocarbonyl (C=S) groups is 1. The van der Waals surface area contributed by atoms with E-state index in [0.717, 1.165) is 44.1 Å². The van der Waals surface area contributed by atoms with Crippen molar-refractivity contribution in [2.75, 3.05) is 44.2 Å². The summed E-state index contributed by atoms with van der Waals surface area (Å²) in [7, 11) is 1.68. The summed E-state index contributed by atoms with van der Waals surface area (Å²) in [5, 5.41) is 9.57. The van der Waals surface area contributed by atoms with Crippen molar-refractivity contribution in [3.05, 3.63) is 44.6 Å². The molecule has 2 saturated heterocycles. The van der Waals surface area contributed by atoms with Crippen LogP contribution in [0, 0.1) is 18.3 Å². The number of thioether (sulfide) groups is 1. The lowest BCUT2D eigenvalue weighted by Gasteiger charge is -2.37. The minimum Gasteiger partial charge on any atom is -0.355 e. The lowest BCUT2D eigenvalue weighted by atomic mass is 10.0. The maximum Gasteiger partial charge on any atom is 0.270 e. The van der Waals surface area contributed by atoms with E-state index in [1.54, 1.807) is 26.1 Å². The van der Waals surface area contributed by atoms with Gasteiger partial charge in [-0.3, -0.25) is 19.1 Å². The largest absolute Gasteiger partial charge is 0.355 e. The summed E-state index contributed by atoms with van der Waals surface area (Å²) >= 11 is 6.58. The van der Waals surface area contributed by atoms with Crippen LogP contribution in [0.3, 0.4) is 0 Å². The number of likely N-dealkylation sites (N-methyl/N-ethyl adjacent to an activating group) is 1. The van der Waals surface area contributed by atoms with Gasteiger partial charge in [-0.25, -0.2) is 0 Å². The summed E-state index contributed by atoms with van der Waals surface area (Å²) in [6, 6.07) is 2.03. The van der Waals surface area contributed by atoms with Crippen molar-refractivity contribution in [1.82, 2.24) is 14.4 Å². The van der Waals surface area contributed by atoms with Gasteiger partial charge in [-0.2, -0.15) is 5.26 Å². The standard InChI is InChI=1S/C21H25N5O2S2/c1-5-7-26-20(28)17(30-21(26)29)12-15-14(3)16(13-22)19(27)23(4)18(15)25-10-8-24(6-2)9-11-25/h5,12H,1,6-11H2,2-4H3. The molecule has 2 fully saturated rings. The van der Waals surface area contributed by atoms with Crippen molar-refractivity contribution in [1.29, 1.82) is 5.26 Å². The maximum absolute atomic E-state index is 12.8. The van der Waals surface area contributed by atoms with Crippen LogP contribution < -0.4 is 10.5 Å². The SMILES string of the molecule is C=CCN1C(=O)C(=Cc2c(C)c(C#N)c(=O)n(C)c2N2CCN(CC)CC2)SC1=S. The van der Waals surface area contributed by atoms with Crippen LogP contribution >= 0.6 is 24.0 Å². The van der Waals surface area contributed by atoms with Crippen LogP contribution in [0.1, 0.15) is 23.6 Å². The molecule has 1 amide bonds. The van der Waals surface area contributed by atoms with Crippen LogP contribution in [0.5, 0.6) is 0 Å². The highest BCUT2D eigenvalue weighted by Crippen LogP contribution is 2.35. The van der Waals surface area contributed by atoms with Gasteiger partial charge in [0.2, 0.25) is 0 Å². The third-order valence-corrected chi connectivity index (χ3v) is 6.93. The highest BCUT2D eigenvalue weighted by Gasteiger charge is 2.32. The van der Waals surface area contributed by atoms with E-state index in [0.29, 0.717) is 21.3 Å². The number of nitriles is 1. The number of pyridine rings is 1. The number of amides is 1. The minimum absolute atomic E-state index is 0.0984. The fourth-order valence-electron chi connectivity index (χ4n) is 3.79. The number of anilines is 1. The summed E-state index contributed by atoms with van der Waals surface area (Å²) in [4.78, 5) is 32.2. The lowest BCUT2D eigenvalue weighted by Crippen LogP contribution is -2.48. The molecule has 0 aliphatic carbocycles. The van der Waals surface area contributed by atoms with Crippen molar-refractivity contribution in [3.63, 3.8) is 0 Å². The Bertz CT molecular complexity index is 1030. The molecule has 0 N–H and O–H groups in total. The van der Waals surface area contributed by atoms with Crippen LogP contribution in [-0.2, 0) is 11.8 Å². The van der Waals surface area contributed by atoms with Gasteiger partial charge in [-0.05, 0) is 25.1 Å². The molecule has 3 heterocycles. The predicted molar refractivity (Wildman–Crippen MR) is 126 cm³/mol. The average molecular weight is 444 g/mol. The summed E-state index contributed by atoms with van der Waals surface area (Å²) in [6.07, 6.45) is 3.41. The molecule has 0 atom stereocenters. The molecule has 30 heavy (non-hydrogen) atoms. The molecule has 7 nitrogen and oxygen atoms in total. The van der Waals surface area contributed by atoms with Crippen LogP contribution in [0.2, 0.25) is 0 Å². The van der Waals surface area contributed by atoms with Gasteiger partial charge in [0, 0.05) is 45.3 Å². The van der Waals surface area contributed by atoms with Gasteiger partial charge in [0.1, 0.15) is 21.8 Å². The normalized spacial score (nSPS) is 18.9. The van der Waals surface area contributed by atoms with E-state index in [9.17, 15) is 14.9 Å². The Morgan fingerprint density at radius 1 is 1.27 bits per heavy atom. The minimum atomic E-state index is -0.320. The van der Waals surface area contributed by atoms with Gasteiger partial charge < -0.3 is 9.80 Å². The number of aromatic nitrogens is 1. The Balaban J connectivity index is 2.14. The molecule has 0 radical (unpaired) electrons. The smallest absolute Gasteiger partial charge is 0.270 e. The van der Waals surface area contributed by atoms with Crippen LogP contribution in [0.4, 0.5) is 5.82 Å². The van der Waals surface area contributed by atoms with Crippen LogP contribution in [0.25, 0.3) is 6.08 Å². The molecule has 0 bridgehead atoms. The second kappa shape index (κ2) is 9.16. The Labute approximate surface area is 186 Å². The van der Waals surface area contributed by atoms with E-state index in [1.165, 1.54) is 21.2 Å². The monoisotopic (exact) mass is 443 g/mol. The number of carbonyl (C=O) groups excluding carboxylic acids is 1. The second-order valence-electron chi connectivity index (χ2n) is 7.22. The van der Waals surface area contributed by atoms with E-state index >= 15 is 0 Å². The zero-order valence-electron chi connectivity index (χ0n) is 17.5. The lowest BCUT2D eigenvalue weighted by molar-refractivity contribution is -0.121. The van der Waals surface area contributed by atoms with Gasteiger partial charge in [-0.15, -0.1) is 6.58 Å². The zero-order valence-corrected chi connectivity index (χ0v) is 19.1. The van der Waals surface area contributed by atoms with Gasteiger partial charge in [0.25, 0.3) is 11.5 Å². The summed E-state index contributed by atoms with van der Waals surface area (Å²) in [5.41, 5.74) is 1.08. The number of piperazine rings is 1. The number of nitrogens with zero attached hydrogens (tertiary/aromatic N) is 5. The van der Waals surface area contributed by atoms with E-state index in [-0.39, 0.29) is 17.0 Å². The molecular formula is C21H25N5O2S2. The fraction of sp³-hybridized carbons (Fsp3) is 0.429. The van der Waals surface area contributed by atoms with Gasteiger partial charge >= 0.3 is 0 Å². The highest BCUT2D eigenvalue weighted by molar-refractivity contribution is 8.26. The van der Waals surface area contributed by atoms with Crippen molar-refractivity contribution in [2.24, 2.45) is 7.05 Å². The van der Waals surface area contributed by atoms with Gasteiger partial charge in [0.15, 0.2) is 0 Å². The van der Waals surface area contributed by atoms with Gasteiger partial charge in [0.05, 0.1) is 4.91 Å². The molecule has 0 saturated carbocycles. The summed E-state index contributed by atoms with van der Waals surface area (Å²) in [6.45, 7) is 12.2. The molecule has 0 spiro atoms. The second-order valence-corrected chi connectivity index (χ2v) is 8.89. The predicted octanol–water partition coefficient (Wildman–Crippen LogP) is 2.09. The maximum atomic E-state index is 12.8. The number of hydrogen-bond acceptors (Lipinski definition) is 7. The number of hydrogen-bond donors (Lipinski definition) is 0. The summed E-state index contributed by atoms with van der Waals surface area (Å²) in [5.74, 6) is 0.555. The molecule has 0 aromatic carbocycles. The van der Waals surface area contributed by atoms with E-state index in [1.807, 2.05) is 6.07 Å². The first kappa shape index (κ1) is 22.3. The molecule has 3 rings (SSSR count). The third kappa shape index (κ3) is 3.95. The number of rotatable bonds is 5. The molecule has 9 heteroatoms. The molecular weight excluding hydrogens is 418 g/mol. The van der Waals surface area contributed by atoms with Crippen LogP contribution in [-0.4, -0.2) is 63.9 Å². The Morgan fingerprint density at radius 3 is 2.50 bits per heavy atom. The molecule has 158 valence electrons. The first-order valence-electron chi connectivity index (χ1n) is 9.81. The first-order valence-corrected chi connectivity index (χ1v) is 11.0. The Kier molecular flexibility index (Phi) is 6.81. The van der Waals surface area contributed by atoms with Crippen molar-refractivity contribution in [3.8, 4) is 6.07 Å². The van der Waals surface area contributed by atoms with E-state index in [4.69, 9.17) is 12.2 Å². The summed E-state index contributed by atoms with van der Waals surface area (Å²) < 4.78 is 2.01. The molecule has 1 aromatic rings. The van der Waals surface area contributed by atoms with Crippen LogP contribution in [0.15, 0.2) is 22.4 Å². The molecule has 0 unspecified atom stereocenters. The third-order valence-electron chi connectivity index (χ3n) is 5.55. The quantitative estimate of drug-likeness (QED) is 0.392. The topological polar surface area (TPSA) is 72.6 Å². The molecule has 2 aliphatic heterocycles. The fourth-order valence-corrected chi connectivity index (χ4v) is 5.04. The van der Waals surface area contributed by atoms with Crippen molar-refractivity contribution >= 4 is 46.1 Å². The molecule has 1 aromatic heterocycles. The highest BCUT2D eigenvalue weighted by atomic mass is 32.2. The number of carbonyl (C=O) groups is 1. The van der Waals surface area contributed by atoms with Crippen molar-refractivity contribution < 1.29 is 4.79 Å². The van der Waals surface area contributed by atoms with E-state index < -0.39 is 0 Å². The first-order chi connectivity index (χ1) is 14.3. The average Bonchev–Trinajstić information content (AvgIpc) is 3.00. The molecule has 2 aliphatic rings.